The normalized spacial score (nSPS) is 25.9. The summed E-state index contributed by atoms with van der Waals surface area (Å²) in [6.07, 6.45) is 3.02. The van der Waals surface area contributed by atoms with Crippen molar-refractivity contribution < 1.29 is 13.2 Å². The van der Waals surface area contributed by atoms with E-state index in [9.17, 15) is 8.42 Å². The Kier molecular flexibility index (Phi) is 5.59. The van der Waals surface area contributed by atoms with Gasteiger partial charge in [-0.1, -0.05) is 0 Å². The van der Waals surface area contributed by atoms with E-state index in [1.807, 2.05) is 13.0 Å². The Morgan fingerprint density at radius 1 is 1.18 bits per heavy atom. The monoisotopic (exact) mass is 473 g/mol. The van der Waals surface area contributed by atoms with Gasteiger partial charge in [0.05, 0.1) is 19.1 Å². The summed E-state index contributed by atoms with van der Waals surface area (Å²) >= 11 is 0. The molecule has 3 fully saturated rings. The first-order chi connectivity index (χ1) is 15.9. The molecule has 2 aromatic rings. The van der Waals surface area contributed by atoms with Crippen molar-refractivity contribution in [3.63, 3.8) is 0 Å². The lowest BCUT2D eigenvalue weighted by molar-refractivity contribution is 0.182. The van der Waals surface area contributed by atoms with Crippen LogP contribution in [0.4, 0.5) is 17.6 Å². The van der Waals surface area contributed by atoms with Gasteiger partial charge < -0.3 is 15.4 Å². The Morgan fingerprint density at radius 2 is 1.91 bits per heavy atom. The van der Waals surface area contributed by atoms with Crippen molar-refractivity contribution >= 4 is 27.8 Å². The van der Waals surface area contributed by atoms with Crippen LogP contribution in [0.5, 0.6) is 5.88 Å². The quantitative estimate of drug-likeness (QED) is 0.541. The summed E-state index contributed by atoms with van der Waals surface area (Å²) < 4.78 is 34.7. The van der Waals surface area contributed by atoms with Gasteiger partial charge in [0.2, 0.25) is 11.8 Å². The number of H-pyrrole nitrogens is 1. The van der Waals surface area contributed by atoms with Crippen molar-refractivity contribution in [3.8, 4) is 11.9 Å². The van der Waals surface area contributed by atoms with E-state index in [-0.39, 0.29) is 24.0 Å². The van der Waals surface area contributed by atoms with Crippen LogP contribution in [0.1, 0.15) is 31.4 Å². The number of piperidine rings is 1. The molecule has 3 N–H and O–H groups in total. The minimum absolute atomic E-state index is 0.0461. The highest BCUT2D eigenvalue weighted by atomic mass is 32.2. The van der Waals surface area contributed by atoms with E-state index in [2.05, 4.69) is 36.9 Å². The minimum atomic E-state index is -3.53. The van der Waals surface area contributed by atoms with Crippen LogP contribution in [0.25, 0.3) is 0 Å². The lowest BCUT2D eigenvalue weighted by Gasteiger charge is -2.43. The molecule has 0 saturated carbocycles. The number of nitrogens with one attached hydrogen (secondary N) is 3. The van der Waals surface area contributed by atoms with Crippen LogP contribution in [0.15, 0.2) is 12.1 Å². The molecule has 0 spiro atoms. The summed E-state index contributed by atoms with van der Waals surface area (Å²) in [5.74, 6) is 1.82. The SMILES string of the molecule is COc1cc(Nc2cc(C)[nH]n2)nc(NC2C[C@H]3CC[C@@H](C2)N3S(=O)(=O)N2CC(C#N)C2)n1. The molecule has 2 aromatic heterocycles. The zero-order chi connectivity index (χ0) is 23.2. The first-order valence-electron chi connectivity index (χ1n) is 11.0. The number of fused-ring (bicyclic) bond motifs is 2. The number of nitriles is 1. The highest BCUT2D eigenvalue weighted by Gasteiger charge is 2.51. The molecule has 5 rings (SSSR count). The van der Waals surface area contributed by atoms with E-state index in [1.165, 1.54) is 4.31 Å². The van der Waals surface area contributed by atoms with E-state index < -0.39 is 10.2 Å². The van der Waals surface area contributed by atoms with Crippen molar-refractivity contribution in [2.75, 3.05) is 30.8 Å². The maximum atomic E-state index is 13.1. The fraction of sp³-hybridized carbons (Fsp3) is 0.600. The van der Waals surface area contributed by atoms with Gasteiger partial charge in [0.1, 0.15) is 5.82 Å². The molecule has 0 aromatic carbocycles. The molecule has 0 amide bonds. The van der Waals surface area contributed by atoms with Crippen LogP contribution < -0.4 is 15.4 Å². The number of aryl methyl sites for hydroxylation is 1. The molecule has 5 heterocycles. The van der Waals surface area contributed by atoms with Gasteiger partial charge in [-0.25, -0.2) is 0 Å². The molecule has 176 valence electrons. The number of aromatic nitrogens is 4. The molecule has 3 aliphatic heterocycles. The maximum Gasteiger partial charge on any atom is 0.282 e. The average molecular weight is 474 g/mol. The van der Waals surface area contributed by atoms with Crippen molar-refractivity contribution in [1.29, 1.82) is 5.26 Å². The van der Waals surface area contributed by atoms with E-state index >= 15 is 0 Å². The van der Waals surface area contributed by atoms with Gasteiger partial charge in [-0.2, -0.15) is 37.4 Å². The number of hydrogen-bond acceptors (Lipinski definition) is 9. The third-order valence-electron chi connectivity index (χ3n) is 6.50. The second-order valence-electron chi connectivity index (χ2n) is 8.86. The molecule has 1 unspecified atom stereocenters. The molecule has 0 radical (unpaired) electrons. The fourth-order valence-electron chi connectivity index (χ4n) is 4.92. The second-order valence-corrected chi connectivity index (χ2v) is 10.7. The van der Waals surface area contributed by atoms with Crippen molar-refractivity contribution in [3.05, 3.63) is 17.8 Å². The highest BCUT2D eigenvalue weighted by Crippen LogP contribution is 2.40. The van der Waals surface area contributed by atoms with Crippen molar-refractivity contribution in [2.24, 2.45) is 5.92 Å². The Labute approximate surface area is 192 Å². The topological polar surface area (TPSA) is 152 Å². The summed E-state index contributed by atoms with van der Waals surface area (Å²) in [6, 6.07) is 5.61. The zero-order valence-corrected chi connectivity index (χ0v) is 19.3. The van der Waals surface area contributed by atoms with Crippen LogP contribution >= 0.6 is 0 Å². The minimum Gasteiger partial charge on any atom is -0.481 e. The summed E-state index contributed by atoms with van der Waals surface area (Å²) in [7, 11) is -1.99. The molecule has 3 aliphatic rings. The van der Waals surface area contributed by atoms with Gasteiger partial charge in [0.15, 0.2) is 5.82 Å². The number of aromatic amines is 1. The molecular weight excluding hydrogens is 446 g/mol. The van der Waals surface area contributed by atoms with Crippen LogP contribution in [-0.4, -0.2) is 75.5 Å². The van der Waals surface area contributed by atoms with E-state index in [0.717, 1.165) is 18.5 Å². The van der Waals surface area contributed by atoms with E-state index in [0.29, 0.717) is 49.4 Å². The number of ether oxygens (including phenoxy) is 1. The van der Waals surface area contributed by atoms with E-state index in [4.69, 9.17) is 10.00 Å². The molecule has 0 aliphatic carbocycles. The lowest BCUT2D eigenvalue weighted by atomic mass is 10.00. The lowest BCUT2D eigenvalue weighted by Crippen LogP contribution is -2.59. The summed E-state index contributed by atoms with van der Waals surface area (Å²) in [5, 5.41) is 22.6. The molecule has 13 heteroatoms. The van der Waals surface area contributed by atoms with Crippen LogP contribution in [0.2, 0.25) is 0 Å². The van der Waals surface area contributed by atoms with Crippen molar-refractivity contribution in [2.45, 2.75) is 50.7 Å². The van der Waals surface area contributed by atoms with Crippen LogP contribution in [0, 0.1) is 24.2 Å². The summed E-state index contributed by atoms with van der Waals surface area (Å²) in [6.45, 7) is 2.50. The van der Waals surface area contributed by atoms with Gasteiger partial charge >= 0.3 is 0 Å². The van der Waals surface area contributed by atoms with Crippen LogP contribution in [-0.2, 0) is 10.2 Å². The second kappa shape index (κ2) is 8.44. The maximum absolute atomic E-state index is 13.1. The molecule has 12 nitrogen and oxygen atoms in total. The number of methoxy groups -OCH3 is 1. The van der Waals surface area contributed by atoms with Gasteiger partial charge in [-0.15, -0.1) is 0 Å². The standard InChI is InChI=1S/C20H27N9O3S/c1-12-5-18(27-26-12)23-17-8-19(32-2)25-20(24-17)22-14-6-15-3-4-16(7-14)29(15)33(30,31)28-10-13(9-21)11-28/h5,8,13-16H,3-4,6-7,10-11H2,1-2H3,(H3,22,23,24,25,26,27)/t14?,15-,16+. The zero-order valence-electron chi connectivity index (χ0n) is 18.5. The highest BCUT2D eigenvalue weighted by molar-refractivity contribution is 7.86. The third kappa shape index (κ3) is 4.21. The van der Waals surface area contributed by atoms with Gasteiger partial charge in [0.25, 0.3) is 10.2 Å². The smallest absolute Gasteiger partial charge is 0.282 e. The Hall–Kier alpha value is -2.95. The van der Waals surface area contributed by atoms with Crippen molar-refractivity contribution in [1.82, 2.24) is 28.8 Å². The van der Waals surface area contributed by atoms with Gasteiger partial charge in [-0.3, -0.25) is 5.10 Å². The number of hydrogen-bond donors (Lipinski definition) is 3. The van der Waals surface area contributed by atoms with Gasteiger partial charge in [-0.05, 0) is 32.6 Å². The Morgan fingerprint density at radius 3 is 2.52 bits per heavy atom. The number of nitrogens with zero attached hydrogens (tertiary/aromatic N) is 6. The fourth-order valence-corrected chi connectivity index (χ4v) is 7.06. The Bertz CT molecular complexity index is 1160. The predicted octanol–water partition coefficient (Wildman–Crippen LogP) is 1.37. The molecular formula is C20H27N9O3S. The molecule has 3 saturated heterocycles. The Balaban J connectivity index is 1.28. The van der Waals surface area contributed by atoms with E-state index in [1.54, 1.807) is 17.5 Å². The third-order valence-corrected chi connectivity index (χ3v) is 8.58. The first-order valence-corrected chi connectivity index (χ1v) is 12.4. The first kappa shape index (κ1) is 21.9. The van der Waals surface area contributed by atoms with Crippen LogP contribution in [0.3, 0.4) is 0 Å². The largest absolute Gasteiger partial charge is 0.481 e. The average Bonchev–Trinajstić information content (AvgIpc) is 3.27. The predicted molar refractivity (Wildman–Crippen MR) is 120 cm³/mol. The summed E-state index contributed by atoms with van der Waals surface area (Å²) in [5.41, 5.74) is 0.926. The molecule has 3 atom stereocenters. The number of rotatable bonds is 7. The summed E-state index contributed by atoms with van der Waals surface area (Å²) in [4.78, 5) is 8.96. The molecule has 2 bridgehead atoms. The number of anilines is 3. The molecule has 33 heavy (non-hydrogen) atoms. The van der Waals surface area contributed by atoms with Gasteiger partial charge in [0, 0.05) is 49.0 Å².